The quantitative estimate of drug-likeness (QED) is 0.820. The molecule has 16 heavy (non-hydrogen) atoms. The number of hydrogen-bond acceptors (Lipinski definition) is 4. The van der Waals surface area contributed by atoms with Gasteiger partial charge in [-0.3, -0.25) is 0 Å². The molecule has 5 nitrogen and oxygen atoms in total. The number of benzene rings is 1. The van der Waals surface area contributed by atoms with Crippen molar-refractivity contribution < 1.29 is 19.4 Å². The summed E-state index contributed by atoms with van der Waals surface area (Å²) in [6.07, 6.45) is 1.45. The fraction of sp³-hybridized carbons (Fsp3) is 0.0909. The van der Waals surface area contributed by atoms with Crippen LogP contribution in [0.15, 0.2) is 34.9 Å². The summed E-state index contributed by atoms with van der Waals surface area (Å²) in [6, 6.07) is 6.63. The third kappa shape index (κ3) is 2.20. The van der Waals surface area contributed by atoms with Gasteiger partial charge in [0.25, 0.3) is 0 Å². The van der Waals surface area contributed by atoms with E-state index in [4.69, 9.17) is 9.52 Å². The van der Waals surface area contributed by atoms with Gasteiger partial charge in [0.1, 0.15) is 12.0 Å². The zero-order valence-electron chi connectivity index (χ0n) is 8.25. The molecule has 2 N–H and O–H groups in total. The summed E-state index contributed by atoms with van der Waals surface area (Å²) in [6.45, 7) is 0. The lowest BCUT2D eigenvalue weighted by molar-refractivity contribution is 0.0690. The summed E-state index contributed by atoms with van der Waals surface area (Å²) in [5, 5.41) is 17.9. The Morgan fingerprint density at radius 2 is 2.25 bits per heavy atom. The van der Waals surface area contributed by atoms with Crippen molar-refractivity contribution in [2.24, 2.45) is 0 Å². The van der Waals surface area contributed by atoms with Crippen molar-refractivity contribution in [2.75, 3.05) is 0 Å². The SMILES string of the molecule is O=C(O)c1coc(Cc2cccc(O)c2)n1. The minimum Gasteiger partial charge on any atom is -0.508 e. The van der Waals surface area contributed by atoms with Crippen LogP contribution in [-0.2, 0) is 6.42 Å². The summed E-state index contributed by atoms with van der Waals surface area (Å²) in [5.41, 5.74) is 0.689. The number of phenols is 1. The van der Waals surface area contributed by atoms with Gasteiger partial charge in [0.05, 0.1) is 0 Å². The fourth-order valence-electron chi connectivity index (χ4n) is 1.33. The number of rotatable bonds is 3. The fourth-order valence-corrected chi connectivity index (χ4v) is 1.33. The summed E-state index contributed by atoms with van der Waals surface area (Å²) >= 11 is 0. The number of phenolic OH excluding ortho intramolecular Hbond substituents is 1. The Morgan fingerprint density at radius 3 is 2.88 bits per heavy atom. The van der Waals surface area contributed by atoms with Crippen molar-refractivity contribution >= 4 is 5.97 Å². The minimum atomic E-state index is -1.12. The van der Waals surface area contributed by atoms with E-state index in [1.54, 1.807) is 24.3 Å². The van der Waals surface area contributed by atoms with Gasteiger partial charge in [-0.25, -0.2) is 9.78 Å². The van der Waals surface area contributed by atoms with Gasteiger partial charge < -0.3 is 14.6 Å². The highest BCUT2D eigenvalue weighted by Crippen LogP contribution is 2.14. The van der Waals surface area contributed by atoms with E-state index in [1.165, 1.54) is 0 Å². The van der Waals surface area contributed by atoms with Crippen molar-refractivity contribution in [2.45, 2.75) is 6.42 Å². The first-order chi connectivity index (χ1) is 7.65. The Labute approximate surface area is 91.0 Å². The van der Waals surface area contributed by atoms with Gasteiger partial charge in [-0.2, -0.15) is 0 Å². The molecule has 2 rings (SSSR count). The number of aromatic hydroxyl groups is 1. The Morgan fingerprint density at radius 1 is 1.44 bits per heavy atom. The second-order valence-electron chi connectivity index (χ2n) is 3.28. The van der Waals surface area contributed by atoms with E-state index >= 15 is 0 Å². The molecule has 1 heterocycles. The monoisotopic (exact) mass is 219 g/mol. The van der Waals surface area contributed by atoms with Crippen LogP contribution in [0, 0.1) is 0 Å². The van der Waals surface area contributed by atoms with E-state index in [9.17, 15) is 9.90 Å². The van der Waals surface area contributed by atoms with E-state index < -0.39 is 5.97 Å². The van der Waals surface area contributed by atoms with Gasteiger partial charge in [0, 0.05) is 6.42 Å². The van der Waals surface area contributed by atoms with Crippen LogP contribution >= 0.6 is 0 Å². The zero-order chi connectivity index (χ0) is 11.5. The van der Waals surface area contributed by atoms with Gasteiger partial charge in [-0.15, -0.1) is 0 Å². The van der Waals surface area contributed by atoms with E-state index in [2.05, 4.69) is 4.98 Å². The lowest BCUT2D eigenvalue weighted by atomic mass is 10.1. The van der Waals surface area contributed by atoms with Crippen LogP contribution in [0.3, 0.4) is 0 Å². The minimum absolute atomic E-state index is 0.116. The van der Waals surface area contributed by atoms with Crippen LogP contribution in [0.2, 0.25) is 0 Å². The smallest absolute Gasteiger partial charge is 0.357 e. The molecule has 0 aliphatic rings. The predicted octanol–water partition coefficient (Wildman–Crippen LogP) is 1.67. The maximum atomic E-state index is 10.6. The molecule has 0 atom stereocenters. The first-order valence-electron chi connectivity index (χ1n) is 4.61. The molecule has 1 aromatic carbocycles. The molecule has 0 radical (unpaired) electrons. The number of aromatic nitrogens is 1. The number of aromatic carboxylic acids is 1. The molecule has 1 aromatic heterocycles. The zero-order valence-corrected chi connectivity index (χ0v) is 8.25. The highest BCUT2D eigenvalue weighted by atomic mass is 16.4. The van der Waals surface area contributed by atoms with Gasteiger partial charge in [0.15, 0.2) is 11.6 Å². The number of carboxylic acid groups (broad SMARTS) is 1. The standard InChI is InChI=1S/C11H9NO4/c13-8-3-1-2-7(4-8)5-10-12-9(6-16-10)11(14)15/h1-4,6,13H,5H2,(H,14,15). The number of carboxylic acids is 1. The van der Waals surface area contributed by atoms with E-state index in [0.717, 1.165) is 11.8 Å². The van der Waals surface area contributed by atoms with Crippen molar-refractivity contribution in [1.82, 2.24) is 4.98 Å². The maximum absolute atomic E-state index is 10.6. The average molecular weight is 219 g/mol. The average Bonchev–Trinajstić information content (AvgIpc) is 2.66. The highest BCUT2D eigenvalue weighted by Gasteiger charge is 2.10. The molecule has 0 aliphatic heterocycles. The van der Waals surface area contributed by atoms with Crippen molar-refractivity contribution in [3.8, 4) is 5.75 Å². The van der Waals surface area contributed by atoms with Gasteiger partial charge in [0.2, 0.25) is 0 Å². The van der Waals surface area contributed by atoms with Crippen molar-refractivity contribution in [3.05, 3.63) is 47.7 Å². The van der Waals surface area contributed by atoms with E-state index in [0.29, 0.717) is 12.3 Å². The maximum Gasteiger partial charge on any atom is 0.357 e. The Balaban J connectivity index is 2.17. The summed E-state index contributed by atoms with van der Waals surface area (Å²) in [5.74, 6) is -0.656. The van der Waals surface area contributed by atoms with Crippen molar-refractivity contribution in [3.63, 3.8) is 0 Å². The highest BCUT2D eigenvalue weighted by molar-refractivity contribution is 5.84. The molecular formula is C11H9NO4. The summed E-state index contributed by atoms with van der Waals surface area (Å²) < 4.78 is 5.00. The predicted molar refractivity (Wildman–Crippen MR) is 54.4 cm³/mol. The molecule has 0 spiro atoms. The van der Waals surface area contributed by atoms with Crippen LogP contribution < -0.4 is 0 Å². The Hall–Kier alpha value is -2.30. The molecule has 0 bridgehead atoms. The van der Waals surface area contributed by atoms with Gasteiger partial charge in [-0.1, -0.05) is 12.1 Å². The summed E-state index contributed by atoms with van der Waals surface area (Å²) in [4.78, 5) is 14.3. The third-order valence-corrected chi connectivity index (χ3v) is 2.04. The molecular weight excluding hydrogens is 210 g/mol. The number of hydrogen-bond donors (Lipinski definition) is 2. The molecule has 2 aromatic rings. The van der Waals surface area contributed by atoms with Crippen LogP contribution in [0.1, 0.15) is 21.9 Å². The normalized spacial score (nSPS) is 10.2. The first kappa shape index (κ1) is 10.2. The molecule has 0 saturated heterocycles. The second-order valence-corrected chi connectivity index (χ2v) is 3.28. The lowest BCUT2D eigenvalue weighted by Gasteiger charge is -1.97. The molecule has 0 fully saturated rings. The summed E-state index contributed by atoms with van der Waals surface area (Å²) in [7, 11) is 0. The van der Waals surface area contributed by atoms with E-state index in [-0.39, 0.29) is 11.4 Å². The molecule has 0 aliphatic carbocycles. The molecule has 0 amide bonds. The largest absolute Gasteiger partial charge is 0.508 e. The van der Waals surface area contributed by atoms with Crippen LogP contribution in [-0.4, -0.2) is 21.2 Å². The molecule has 5 heteroatoms. The molecule has 0 unspecified atom stereocenters. The van der Waals surface area contributed by atoms with Crippen LogP contribution in [0.5, 0.6) is 5.75 Å². The van der Waals surface area contributed by atoms with Gasteiger partial charge in [-0.05, 0) is 17.7 Å². The Kier molecular flexibility index (Phi) is 2.59. The first-order valence-corrected chi connectivity index (χ1v) is 4.61. The molecule has 0 saturated carbocycles. The van der Waals surface area contributed by atoms with Crippen LogP contribution in [0.25, 0.3) is 0 Å². The van der Waals surface area contributed by atoms with Crippen molar-refractivity contribution in [1.29, 1.82) is 0 Å². The third-order valence-electron chi connectivity index (χ3n) is 2.04. The molecule has 82 valence electrons. The topological polar surface area (TPSA) is 83.6 Å². The second kappa shape index (κ2) is 4.06. The number of carbonyl (C=O) groups is 1. The lowest BCUT2D eigenvalue weighted by Crippen LogP contribution is -1.97. The Bertz CT molecular complexity index is 518. The number of nitrogens with zero attached hydrogens (tertiary/aromatic N) is 1. The number of oxazole rings is 1. The van der Waals surface area contributed by atoms with Crippen LogP contribution in [0.4, 0.5) is 0 Å². The van der Waals surface area contributed by atoms with E-state index in [1.807, 2.05) is 0 Å². The van der Waals surface area contributed by atoms with Gasteiger partial charge >= 0.3 is 5.97 Å².